The summed E-state index contributed by atoms with van der Waals surface area (Å²) in [6, 6.07) is 46.1. The molecule has 0 N–H and O–H groups in total. The van der Waals surface area contributed by atoms with E-state index in [1.165, 1.54) is 109 Å². The molecule has 0 bridgehead atoms. The third kappa shape index (κ3) is 2.44. The zero-order chi connectivity index (χ0) is 29.3. The lowest BCUT2D eigenvalue weighted by Crippen LogP contribution is -2.14. The Hall–Kier alpha value is -5.60. The van der Waals surface area contributed by atoms with Gasteiger partial charge in [-0.2, -0.15) is 0 Å². The van der Waals surface area contributed by atoms with Crippen molar-refractivity contribution in [1.29, 1.82) is 0 Å². The third-order valence-corrected chi connectivity index (χ3v) is 11.3. The minimum atomic E-state index is -0.0220. The van der Waals surface area contributed by atoms with E-state index in [2.05, 4.69) is 144 Å². The first-order chi connectivity index (χ1) is 22.1. The molecule has 0 aliphatic heterocycles. The summed E-state index contributed by atoms with van der Waals surface area (Å²) in [4.78, 5) is 0. The largest absolute Gasteiger partial charge is 0.308 e. The number of para-hydroxylation sites is 2. The number of hydrogen-bond acceptors (Lipinski definition) is 0. The van der Waals surface area contributed by atoms with Crippen LogP contribution in [0.4, 0.5) is 0 Å². The molecule has 0 saturated heterocycles. The molecular formula is C43H26N2. The summed E-state index contributed by atoms with van der Waals surface area (Å²) in [5, 5.41) is 13.2. The topological polar surface area (TPSA) is 8.82 Å². The van der Waals surface area contributed by atoms with Crippen LogP contribution in [-0.2, 0) is 5.41 Å². The maximum absolute atomic E-state index is 2.56. The first-order valence-electron chi connectivity index (χ1n) is 15.9. The molecule has 1 aliphatic rings. The lowest BCUT2D eigenvalue weighted by molar-refractivity contribution is 0.661. The standard InChI is InChI=1S/C43H26N2/c1-43(2)35-16-6-5-11-25(35)30-21-38-34(20-36(30)43)29-15-8-14-28-33-19-32-27-13-7-12-26-31-17-23-9-3-4-10-24(23)18-37(31)44(41(26)27)39(32)22-40(33)45(38)42(28)29/h3-22H,1-2H3. The second kappa shape index (κ2) is 7.20. The molecule has 0 atom stereocenters. The Morgan fingerprint density at radius 3 is 1.56 bits per heavy atom. The number of rotatable bonds is 0. The van der Waals surface area contributed by atoms with E-state index >= 15 is 0 Å². The maximum Gasteiger partial charge on any atom is 0.0620 e. The minimum Gasteiger partial charge on any atom is -0.308 e. The van der Waals surface area contributed by atoms with E-state index in [0.717, 1.165) is 0 Å². The molecule has 0 saturated carbocycles. The van der Waals surface area contributed by atoms with Crippen molar-refractivity contribution < 1.29 is 0 Å². The van der Waals surface area contributed by atoms with Crippen molar-refractivity contribution in [2.45, 2.75) is 19.3 Å². The van der Waals surface area contributed by atoms with Gasteiger partial charge in [0.25, 0.3) is 0 Å². The van der Waals surface area contributed by atoms with Gasteiger partial charge in [0, 0.05) is 48.5 Å². The molecule has 0 amide bonds. The van der Waals surface area contributed by atoms with E-state index in [1.807, 2.05) is 0 Å². The van der Waals surface area contributed by atoms with Crippen LogP contribution in [0.1, 0.15) is 25.0 Å². The van der Waals surface area contributed by atoms with E-state index < -0.39 is 0 Å². The van der Waals surface area contributed by atoms with Crippen molar-refractivity contribution in [3.63, 3.8) is 0 Å². The van der Waals surface area contributed by atoms with Crippen LogP contribution in [0.5, 0.6) is 0 Å². The Balaban J connectivity index is 1.29. The molecule has 12 rings (SSSR count). The first kappa shape index (κ1) is 22.9. The van der Waals surface area contributed by atoms with E-state index in [4.69, 9.17) is 0 Å². The Morgan fingerprint density at radius 2 is 0.889 bits per heavy atom. The molecule has 2 nitrogen and oxygen atoms in total. The van der Waals surface area contributed by atoms with Gasteiger partial charge in [-0.05, 0) is 69.4 Å². The van der Waals surface area contributed by atoms with E-state index in [0.29, 0.717) is 0 Å². The van der Waals surface area contributed by atoms with Gasteiger partial charge in [-0.25, -0.2) is 0 Å². The fraction of sp³-hybridized carbons (Fsp3) is 0.0698. The molecule has 0 fully saturated rings. The van der Waals surface area contributed by atoms with Crippen LogP contribution in [0.3, 0.4) is 0 Å². The molecule has 7 aromatic carbocycles. The minimum absolute atomic E-state index is 0.0220. The Morgan fingerprint density at radius 1 is 0.378 bits per heavy atom. The Bertz CT molecular complexity index is 3110. The second-order valence-electron chi connectivity index (χ2n) is 13.8. The van der Waals surface area contributed by atoms with Gasteiger partial charge < -0.3 is 8.80 Å². The molecule has 11 aromatic rings. The quantitative estimate of drug-likeness (QED) is 0.171. The van der Waals surface area contributed by atoms with Crippen LogP contribution in [0.15, 0.2) is 121 Å². The van der Waals surface area contributed by atoms with Crippen molar-refractivity contribution in [2.24, 2.45) is 0 Å². The summed E-state index contributed by atoms with van der Waals surface area (Å²) in [5.74, 6) is 0. The fourth-order valence-electron chi connectivity index (χ4n) is 9.32. The number of benzene rings is 7. The molecule has 2 heteroatoms. The van der Waals surface area contributed by atoms with Gasteiger partial charge in [0.15, 0.2) is 0 Å². The van der Waals surface area contributed by atoms with Crippen molar-refractivity contribution in [2.75, 3.05) is 0 Å². The highest BCUT2D eigenvalue weighted by Crippen LogP contribution is 2.52. The summed E-state index contributed by atoms with van der Waals surface area (Å²) in [7, 11) is 0. The average molecular weight is 571 g/mol. The molecule has 45 heavy (non-hydrogen) atoms. The second-order valence-corrected chi connectivity index (χ2v) is 13.8. The Kier molecular flexibility index (Phi) is 3.66. The van der Waals surface area contributed by atoms with Gasteiger partial charge >= 0.3 is 0 Å². The van der Waals surface area contributed by atoms with Gasteiger partial charge in [0.05, 0.1) is 33.1 Å². The van der Waals surface area contributed by atoms with Gasteiger partial charge in [-0.1, -0.05) is 98.8 Å². The van der Waals surface area contributed by atoms with Gasteiger partial charge in [-0.15, -0.1) is 0 Å². The summed E-state index contributed by atoms with van der Waals surface area (Å²) >= 11 is 0. The molecule has 4 heterocycles. The van der Waals surface area contributed by atoms with E-state index in [-0.39, 0.29) is 5.41 Å². The summed E-state index contributed by atoms with van der Waals surface area (Å²) in [6.45, 7) is 4.75. The van der Waals surface area contributed by atoms with Crippen molar-refractivity contribution in [3.05, 3.63) is 132 Å². The monoisotopic (exact) mass is 570 g/mol. The zero-order valence-corrected chi connectivity index (χ0v) is 24.9. The molecular weight excluding hydrogens is 544 g/mol. The molecule has 0 radical (unpaired) electrons. The number of aromatic nitrogens is 2. The molecule has 4 aromatic heterocycles. The van der Waals surface area contributed by atoms with E-state index in [9.17, 15) is 0 Å². The fourth-order valence-corrected chi connectivity index (χ4v) is 9.32. The van der Waals surface area contributed by atoms with Gasteiger partial charge in [0.1, 0.15) is 0 Å². The first-order valence-corrected chi connectivity index (χ1v) is 15.9. The highest BCUT2D eigenvalue weighted by molar-refractivity contribution is 6.29. The lowest BCUT2D eigenvalue weighted by Gasteiger charge is -2.21. The van der Waals surface area contributed by atoms with Crippen LogP contribution in [0.2, 0.25) is 0 Å². The van der Waals surface area contributed by atoms with Gasteiger partial charge in [0.2, 0.25) is 0 Å². The van der Waals surface area contributed by atoms with Crippen LogP contribution in [-0.4, -0.2) is 8.80 Å². The van der Waals surface area contributed by atoms with Crippen LogP contribution >= 0.6 is 0 Å². The predicted molar refractivity (Wildman–Crippen MR) is 191 cm³/mol. The average Bonchev–Trinajstić information content (AvgIpc) is 3.82. The third-order valence-electron chi connectivity index (χ3n) is 11.3. The molecule has 208 valence electrons. The zero-order valence-electron chi connectivity index (χ0n) is 24.9. The smallest absolute Gasteiger partial charge is 0.0620 e. The summed E-state index contributed by atoms with van der Waals surface area (Å²) in [6.07, 6.45) is 0. The maximum atomic E-state index is 2.56. The van der Waals surface area contributed by atoms with Crippen molar-refractivity contribution in [1.82, 2.24) is 8.80 Å². The van der Waals surface area contributed by atoms with Crippen LogP contribution in [0.25, 0.3) is 98.1 Å². The predicted octanol–water partition coefficient (Wildman–Crippen LogP) is 11.4. The number of nitrogens with zero attached hydrogens (tertiary/aromatic N) is 2. The molecule has 0 spiro atoms. The summed E-state index contributed by atoms with van der Waals surface area (Å²) in [5.41, 5.74) is 13.4. The van der Waals surface area contributed by atoms with Crippen molar-refractivity contribution in [3.8, 4) is 11.1 Å². The Labute approximate surface area is 258 Å². The van der Waals surface area contributed by atoms with Gasteiger partial charge in [-0.3, -0.25) is 0 Å². The number of hydrogen-bond donors (Lipinski definition) is 0. The van der Waals surface area contributed by atoms with Crippen LogP contribution in [0, 0.1) is 0 Å². The highest BCUT2D eigenvalue weighted by Gasteiger charge is 2.36. The molecule has 0 unspecified atom stereocenters. The lowest BCUT2D eigenvalue weighted by atomic mass is 9.82. The SMILES string of the molecule is CC1(C)c2ccccc2-c2cc3c(cc21)c1cccc2c4cc5c6cccc7c8cc9ccccc9cc8n(c5cc4n3c12)c76. The van der Waals surface area contributed by atoms with Crippen molar-refractivity contribution >= 4 is 87.0 Å². The van der Waals surface area contributed by atoms with E-state index in [1.54, 1.807) is 0 Å². The van der Waals surface area contributed by atoms with Crippen LogP contribution < -0.4 is 0 Å². The number of fused-ring (bicyclic) bond motifs is 16. The summed E-state index contributed by atoms with van der Waals surface area (Å²) < 4.78 is 5.09. The highest BCUT2D eigenvalue weighted by atomic mass is 14.9. The normalized spacial score (nSPS) is 14.6. The molecule has 1 aliphatic carbocycles.